The molecule has 3 aromatic rings. The summed E-state index contributed by atoms with van der Waals surface area (Å²) in [6, 6.07) is 10.8. The van der Waals surface area contributed by atoms with Gasteiger partial charge in [-0.05, 0) is 24.3 Å². The maximum Gasteiger partial charge on any atom is 0.346 e. The highest BCUT2D eigenvalue weighted by Crippen LogP contribution is 2.16. The predicted octanol–water partition coefficient (Wildman–Crippen LogP) is 2.10. The van der Waals surface area contributed by atoms with Crippen LogP contribution in [0, 0.1) is 5.82 Å². The number of carbonyl (C=O) groups excluding carboxylic acids is 1. The van der Waals surface area contributed by atoms with Gasteiger partial charge in [-0.15, -0.1) is 0 Å². The van der Waals surface area contributed by atoms with Crippen LogP contribution < -0.4 is 11.0 Å². The van der Waals surface area contributed by atoms with Gasteiger partial charge >= 0.3 is 5.69 Å². The first-order valence-corrected chi connectivity index (χ1v) is 6.80. The van der Waals surface area contributed by atoms with Gasteiger partial charge in [-0.3, -0.25) is 4.79 Å². The van der Waals surface area contributed by atoms with E-state index >= 15 is 0 Å². The summed E-state index contributed by atoms with van der Waals surface area (Å²) in [6.07, 6.45) is 1.45. The van der Waals surface area contributed by atoms with Crippen LogP contribution in [0.4, 0.5) is 4.39 Å². The largest absolute Gasteiger partial charge is 0.463 e. The molecule has 6 nitrogen and oxygen atoms in total. The number of furan rings is 1. The lowest BCUT2D eigenvalue weighted by molar-refractivity contribution is 0.0945. The van der Waals surface area contributed by atoms with E-state index in [1.165, 1.54) is 18.4 Å². The minimum atomic E-state index is -0.671. The van der Waals surface area contributed by atoms with Gasteiger partial charge in [0.1, 0.15) is 17.3 Å². The molecule has 0 fully saturated rings. The number of rotatable bonds is 4. The number of nitrogens with one attached hydrogen (secondary N) is 2. The minimum absolute atomic E-state index is 0.00390. The van der Waals surface area contributed by atoms with Crippen LogP contribution in [0.5, 0.6) is 0 Å². The molecule has 0 atom stereocenters. The summed E-state index contributed by atoms with van der Waals surface area (Å²) >= 11 is 0. The van der Waals surface area contributed by atoms with Crippen molar-refractivity contribution in [1.29, 1.82) is 0 Å². The van der Waals surface area contributed by atoms with Crippen molar-refractivity contribution in [3.8, 4) is 11.5 Å². The van der Waals surface area contributed by atoms with Gasteiger partial charge in [-0.25, -0.2) is 9.18 Å². The molecule has 2 heterocycles. The topological polar surface area (TPSA) is 88.0 Å². The second-order valence-electron chi connectivity index (χ2n) is 4.74. The van der Waals surface area contributed by atoms with Gasteiger partial charge in [0.05, 0.1) is 12.0 Å². The Hall–Kier alpha value is -3.22. The van der Waals surface area contributed by atoms with E-state index in [4.69, 9.17) is 4.42 Å². The van der Waals surface area contributed by atoms with E-state index in [-0.39, 0.29) is 12.2 Å². The van der Waals surface area contributed by atoms with E-state index < -0.39 is 17.4 Å². The van der Waals surface area contributed by atoms with Crippen LogP contribution in [-0.2, 0) is 6.54 Å². The van der Waals surface area contributed by atoms with Crippen molar-refractivity contribution >= 4 is 5.91 Å². The number of hydrogen-bond acceptors (Lipinski definition) is 4. The summed E-state index contributed by atoms with van der Waals surface area (Å²) in [6.45, 7) is -0.00390. The maximum atomic E-state index is 13.5. The predicted molar refractivity (Wildman–Crippen MR) is 80.1 cm³/mol. The quantitative estimate of drug-likeness (QED) is 0.772. The van der Waals surface area contributed by atoms with Crippen molar-refractivity contribution < 1.29 is 13.6 Å². The van der Waals surface area contributed by atoms with Gasteiger partial charge in [-0.1, -0.05) is 18.2 Å². The molecule has 116 valence electrons. The molecule has 0 aliphatic rings. The molecule has 0 aliphatic heterocycles. The van der Waals surface area contributed by atoms with Crippen LogP contribution in [0.15, 0.2) is 57.9 Å². The summed E-state index contributed by atoms with van der Waals surface area (Å²) in [7, 11) is 0. The molecule has 0 spiro atoms. The maximum absolute atomic E-state index is 13.5. The molecule has 3 rings (SSSR count). The third-order valence-corrected chi connectivity index (χ3v) is 3.16. The van der Waals surface area contributed by atoms with Crippen molar-refractivity contribution in [3.63, 3.8) is 0 Å². The third kappa shape index (κ3) is 3.34. The zero-order chi connectivity index (χ0) is 16.2. The fourth-order valence-corrected chi connectivity index (χ4v) is 2.05. The molecule has 0 saturated carbocycles. The van der Waals surface area contributed by atoms with Gasteiger partial charge in [-0.2, -0.15) is 4.98 Å². The van der Waals surface area contributed by atoms with Crippen molar-refractivity contribution in [2.45, 2.75) is 6.54 Å². The second-order valence-corrected chi connectivity index (χ2v) is 4.74. The van der Waals surface area contributed by atoms with Crippen molar-refractivity contribution in [3.05, 3.63) is 76.3 Å². The van der Waals surface area contributed by atoms with Crippen LogP contribution in [0.1, 0.15) is 16.1 Å². The Bertz CT molecular complexity index is 888. The Morgan fingerprint density at radius 3 is 2.83 bits per heavy atom. The van der Waals surface area contributed by atoms with Crippen LogP contribution >= 0.6 is 0 Å². The number of benzene rings is 1. The highest BCUT2D eigenvalue weighted by molar-refractivity contribution is 5.92. The number of aromatic nitrogens is 2. The molecule has 1 amide bonds. The minimum Gasteiger partial charge on any atom is -0.463 e. The number of carbonyl (C=O) groups is 1. The Balaban J connectivity index is 1.80. The van der Waals surface area contributed by atoms with Crippen LogP contribution in [0.2, 0.25) is 0 Å². The molecule has 0 saturated heterocycles. The summed E-state index contributed by atoms with van der Waals surface area (Å²) in [5.41, 5.74) is -0.0607. The molecule has 2 aromatic heterocycles. The number of H-pyrrole nitrogens is 1. The van der Waals surface area contributed by atoms with Gasteiger partial charge < -0.3 is 14.7 Å². The Kier molecular flexibility index (Phi) is 4.01. The molecular weight excluding hydrogens is 301 g/mol. The zero-order valence-electron chi connectivity index (χ0n) is 11.9. The van der Waals surface area contributed by atoms with Gasteiger partial charge in [0, 0.05) is 12.1 Å². The number of hydrogen-bond donors (Lipinski definition) is 2. The Morgan fingerprint density at radius 1 is 1.26 bits per heavy atom. The van der Waals surface area contributed by atoms with Gasteiger partial charge in [0.15, 0.2) is 0 Å². The fraction of sp³-hybridized carbons (Fsp3) is 0.0625. The van der Waals surface area contributed by atoms with Crippen LogP contribution in [0.3, 0.4) is 0 Å². The first-order valence-electron chi connectivity index (χ1n) is 6.80. The number of halogens is 1. The Labute approximate surface area is 130 Å². The second kappa shape index (κ2) is 6.27. The lowest BCUT2D eigenvalue weighted by Gasteiger charge is -2.06. The first-order chi connectivity index (χ1) is 11.1. The van der Waals surface area contributed by atoms with Crippen molar-refractivity contribution in [2.24, 2.45) is 0 Å². The highest BCUT2D eigenvalue weighted by Gasteiger charge is 2.12. The first kappa shape index (κ1) is 14.7. The molecule has 0 radical (unpaired) electrons. The van der Waals surface area contributed by atoms with Gasteiger partial charge in [0.25, 0.3) is 5.91 Å². The highest BCUT2D eigenvalue weighted by atomic mass is 19.1. The molecule has 0 bridgehead atoms. The summed E-state index contributed by atoms with van der Waals surface area (Å²) < 4.78 is 18.7. The average molecular weight is 313 g/mol. The third-order valence-electron chi connectivity index (χ3n) is 3.16. The Morgan fingerprint density at radius 2 is 2.09 bits per heavy atom. The SMILES string of the molecule is O=C(NCc1ccccc1F)c1cc(-c2ccco2)[nH]c(=O)n1. The standard InChI is InChI=1S/C16H12FN3O3/c17-11-5-2-1-4-10(11)9-18-15(21)13-8-12(19-16(22)20-13)14-6-3-7-23-14/h1-8H,9H2,(H,18,21)(H,19,20,22). The van der Waals surface area contributed by atoms with Crippen molar-refractivity contribution in [2.75, 3.05) is 0 Å². The summed E-state index contributed by atoms with van der Waals surface area (Å²) in [5.74, 6) is -0.581. The molecule has 2 N–H and O–H groups in total. The van der Waals surface area contributed by atoms with Crippen molar-refractivity contribution in [1.82, 2.24) is 15.3 Å². The van der Waals surface area contributed by atoms with Crippen LogP contribution in [-0.4, -0.2) is 15.9 Å². The molecule has 0 unspecified atom stereocenters. The van der Waals surface area contributed by atoms with E-state index in [1.54, 1.807) is 30.3 Å². The number of nitrogens with zero attached hydrogens (tertiary/aromatic N) is 1. The van der Waals surface area contributed by atoms with E-state index in [1.807, 2.05) is 0 Å². The fourth-order valence-electron chi connectivity index (χ4n) is 2.05. The molecular formula is C16H12FN3O3. The van der Waals surface area contributed by atoms with Gasteiger partial charge in [0.2, 0.25) is 0 Å². The normalized spacial score (nSPS) is 10.5. The molecule has 23 heavy (non-hydrogen) atoms. The number of amides is 1. The summed E-state index contributed by atoms with van der Waals surface area (Å²) in [4.78, 5) is 29.8. The zero-order valence-corrected chi connectivity index (χ0v) is 11.9. The molecule has 0 aliphatic carbocycles. The van der Waals surface area contributed by atoms with E-state index in [0.29, 0.717) is 17.0 Å². The summed E-state index contributed by atoms with van der Waals surface area (Å²) in [5, 5.41) is 2.53. The lowest BCUT2D eigenvalue weighted by atomic mass is 10.2. The monoisotopic (exact) mass is 313 g/mol. The van der Waals surface area contributed by atoms with Crippen LogP contribution in [0.25, 0.3) is 11.5 Å². The average Bonchev–Trinajstić information content (AvgIpc) is 3.08. The number of aromatic amines is 1. The van der Waals surface area contributed by atoms with E-state index in [0.717, 1.165) is 0 Å². The smallest absolute Gasteiger partial charge is 0.346 e. The lowest BCUT2D eigenvalue weighted by Crippen LogP contribution is -2.27. The molecule has 1 aromatic carbocycles. The van der Waals surface area contributed by atoms with E-state index in [2.05, 4.69) is 15.3 Å². The van der Waals surface area contributed by atoms with E-state index in [9.17, 15) is 14.0 Å². The molecule has 7 heteroatoms.